The highest BCUT2D eigenvalue weighted by Crippen LogP contribution is 2.27. The predicted molar refractivity (Wildman–Crippen MR) is 71.6 cm³/mol. The molecule has 0 saturated heterocycles. The first-order chi connectivity index (χ1) is 9.10. The summed E-state index contributed by atoms with van der Waals surface area (Å²) < 4.78 is 18.2. The van der Waals surface area contributed by atoms with Gasteiger partial charge in [0.2, 0.25) is 5.91 Å². The highest BCUT2D eigenvalue weighted by atomic mass is 19.1. The summed E-state index contributed by atoms with van der Waals surface area (Å²) in [7, 11) is 1.39. The molecule has 6 heteroatoms. The Balaban J connectivity index is 1.86. The van der Waals surface area contributed by atoms with Gasteiger partial charge in [0, 0.05) is 31.1 Å². The third kappa shape index (κ3) is 3.74. The smallest absolute Gasteiger partial charge is 0.221 e. The molecule has 0 heterocycles. The normalized spacial score (nSPS) is 14.0. The van der Waals surface area contributed by atoms with Crippen molar-refractivity contribution in [3.63, 3.8) is 0 Å². The van der Waals surface area contributed by atoms with E-state index in [0.717, 1.165) is 12.8 Å². The van der Waals surface area contributed by atoms with Crippen LogP contribution in [0.1, 0.15) is 19.3 Å². The first-order valence-electron chi connectivity index (χ1n) is 6.26. The monoisotopic (exact) mass is 267 g/mol. The third-order valence-electron chi connectivity index (χ3n) is 2.93. The Kier molecular flexibility index (Phi) is 4.09. The van der Waals surface area contributed by atoms with Crippen molar-refractivity contribution in [2.24, 2.45) is 0 Å². The minimum absolute atomic E-state index is 0.0163. The van der Waals surface area contributed by atoms with Crippen molar-refractivity contribution in [2.75, 3.05) is 24.7 Å². The number of ether oxygens (including phenoxy) is 1. The highest BCUT2D eigenvalue weighted by Gasteiger charge is 2.22. The molecule has 0 aliphatic heterocycles. The lowest BCUT2D eigenvalue weighted by Crippen LogP contribution is -2.27. The largest absolute Gasteiger partial charge is 0.494 e. The van der Waals surface area contributed by atoms with Crippen LogP contribution in [0.2, 0.25) is 0 Å². The van der Waals surface area contributed by atoms with Crippen molar-refractivity contribution in [2.45, 2.75) is 25.3 Å². The van der Waals surface area contributed by atoms with Gasteiger partial charge >= 0.3 is 0 Å². The second-order valence-corrected chi connectivity index (χ2v) is 4.59. The number of benzene rings is 1. The topological polar surface area (TPSA) is 76.4 Å². The first-order valence-corrected chi connectivity index (χ1v) is 6.26. The van der Waals surface area contributed by atoms with Gasteiger partial charge in [0.25, 0.3) is 0 Å². The average Bonchev–Trinajstić information content (AvgIpc) is 3.15. The fourth-order valence-electron chi connectivity index (χ4n) is 1.72. The number of methoxy groups -OCH3 is 1. The van der Waals surface area contributed by atoms with Gasteiger partial charge in [0.1, 0.15) is 0 Å². The molecule has 2 rings (SSSR count). The number of anilines is 2. The second-order valence-electron chi connectivity index (χ2n) is 4.59. The molecule has 0 aromatic heterocycles. The van der Waals surface area contributed by atoms with E-state index in [-0.39, 0.29) is 11.7 Å². The highest BCUT2D eigenvalue weighted by molar-refractivity contribution is 5.77. The molecule has 1 amide bonds. The summed E-state index contributed by atoms with van der Waals surface area (Å²) in [5, 5.41) is 5.90. The maximum atomic E-state index is 13.3. The lowest BCUT2D eigenvalue weighted by atomic mass is 10.2. The van der Waals surface area contributed by atoms with Crippen molar-refractivity contribution >= 4 is 17.3 Å². The molecular weight excluding hydrogens is 249 g/mol. The van der Waals surface area contributed by atoms with E-state index in [1.165, 1.54) is 19.2 Å². The molecular formula is C13H18FN3O2. The molecule has 1 aliphatic rings. The zero-order chi connectivity index (χ0) is 13.8. The number of carbonyl (C=O) groups is 1. The van der Waals surface area contributed by atoms with Crippen LogP contribution >= 0.6 is 0 Å². The van der Waals surface area contributed by atoms with Gasteiger partial charge in [-0.3, -0.25) is 4.79 Å². The van der Waals surface area contributed by atoms with Gasteiger partial charge in [-0.15, -0.1) is 0 Å². The van der Waals surface area contributed by atoms with Crippen molar-refractivity contribution in [3.05, 3.63) is 17.9 Å². The summed E-state index contributed by atoms with van der Waals surface area (Å²) in [5.74, 6) is -0.362. The van der Waals surface area contributed by atoms with Crippen molar-refractivity contribution in [1.29, 1.82) is 0 Å². The van der Waals surface area contributed by atoms with Crippen LogP contribution < -0.4 is 21.1 Å². The molecule has 1 aromatic rings. The second kappa shape index (κ2) is 5.77. The number of rotatable bonds is 6. The average molecular weight is 267 g/mol. The summed E-state index contributed by atoms with van der Waals surface area (Å²) in [6.07, 6.45) is 2.50. The lowest BCUT2D eigenvalue weighted by molar-refractivity contribution is -0.120. The van der Waals surface area contributed by atoms with Gasteiger partial charge in [0.15, 0.2) is 11.6 Å². The Morgan fingerprint density at radius 1 is 1.53 bits per heavy atom. The van der Waals surface area contributed by atoms with E-state index in [0.29, 0.717) is 30.4 Å². The fraction of sp³-hybridized carbons (Fsp3) is 0.462. The Morgan fingerprint density at radius 2 is 2.26 bits per heavy atom. The zero-order valence-corrected chi connectivity index (χ0v) is 10.8. The van der Waals surface area contributed by atoms with E-state index in [1.54, 1.807) is 0 Å². The van der Waals surface area contributed by atoms with Gasteiger partial charge in [-0.1, -0.05) is 0 Å². The minimum Gasteiger partial charge on any atom is -0.494 e. The number of hydrogen-bond acceptors (Lipinski definition) is 4. The van der Waals surface area contributed by atoms with Crippen LogP contribution in [0.4, 0.5) is 15.8 Å². The molecule has 1 fully saturated rings. The Morgan fingerprint density at radius 3 is 2.89 bits per heavy atom. The van der Waals surface area contributed by atoms with E-state index in [9.17, 15) is 9.18 Å². The van der Waals surface area contributed by atoms with Crippen molar-refractivity contribution in [1.82, 2.24) is 5.32 Å². The predicted octanol–water partition coefficient (Wildman–Crippen LogP) is 1.50. The Labute approximate surface area is 111 Å². The summed E-state index contributed by atoms with van der Waals surface area (Å²) in [6.45, 7) is 0.442. The molecule has 0 spiro atoms. The standard InChI is InChI=1S/C13H18FN3O2/c1-19-12-7-11(10(15)6-9(12)14)16-5-4-13(18)17-8-2-3-8/h6-8,16H,2-5,15H2,1H3,(H,17,18). The van der Waals surface area contributed by atoms with E-state index in [4.69, 9.17) is 10.5 Å². The molecule has 5 nitrogen and oxygen atoms in total. The van der Waals surface area contributed by atoms with Gasteiger partial charge in [0.05, 0.1) is 18.5 Å². The Hall–Kier alpha value is -1.98. The Bertz CT molecular complexity index is 475. The van der Waals surface area contributed by atoms with E-state index in [2.05, 4.69) is 10.6 Å². The number of amides is 1. The van der Waals surface area contributed by atoms with E-state index < -0.39 is 5.82 Å². The number of hydrogen-bond donors (Lipinski definition) is 3. The van der Waals surface area contributed by atoms with Crippen LogP contribution in [0.15, 0.2) is 12.1 Å². The number of halogens is 1. The molecule has 1 saturated carbocycles. The van der Waals surface area contributed by atoms with Crippen LogP contribution in [0.5, 0.6) is 5.75 Å². The SMILES string of the molecule is COc1cc(NCCC(=O)NC2CC2)c(N)cc1F. The van der Waals surface area contributed by atoms with Gasteiger partial charge in [-0.25, -0.2) is 4.39 Å². The lowest BCUT2D eigenvalue weighted by Gasteiger charge is -2.11. The minimum atomic E-state index is -0.503. The first kappa shape index (κ1) is 13.5. The van der Waals surface area contributed by atoms with Crippen LogP contribution in [0.25, 0.3) is 0 Å². The molecule has 19 heavy (non-hydrogen) atoms. The van der Waals surface area contributed by atoms with Gasteiger partial charge in [-0.05, 0) is 12.8 Å². The van der Waals surface area contributed by atoms with Crippen LogP contribution in [-0.2, 0) is 4.79 Å². The summed E-state index contributed by atoms with van der Waals surface area (Å²) >= 11 is 0. The summed E-state index contributed by atoms with van der Waals surface area (Å²) in [4.78, 5) is 11.5. The van der Waals surface area contributed by atoms with Crippen molar-refractivity contribution in [3.8, 4) is 5.75 Å². The van der Waals surface area contributed by atoms with Crippen LogP contribution in [-0.4, -0.2) is 25.6 Å². The van der Waals surface area contributed by atoms with Crippen LogP contribution in [0.3, 0.4) is 0 Å². The maximum Gasteiger partial charge on any atom is 0.221 e. The summed E-state index contributed by atoms with van der Waals surface area (Å²) in [6, 6.07) is 3.05. The summed E-state index contributed by atoms with van der Waals surface area (Å²) in [5.41, 5.74) is 6.55. The van der Waals surface area contributed by atoms with Crippen molar-refractivity contribution < 1.29 is 13.9 Å². The molecule has 4 N–H and O–H groups in total. The van der Waals surface area contributed by atoms with E-state index >= 15 is 0 Å². The van der Waals surface area contributed by atoms with Gasteiger partial charge in [-0.2, -0.15) is 0 Å². The van der Waals surface area contributed by atoms with Crippen LogP contribution in [0, 0.1) is 5.82 Å². The molecule has 0 radical (unpaired) electrons. The number of carbonyl (C=O) groups excluding carboxylic acids is 1. The number of nitrogen functional groups attached to an aromatic ring is 1. The third-order valence-corrected chi connectivity index (χ3v) is 2.93. The maximum absolute atomic E-state index is 13.3. The number of nitrogens with two attached hydrogens (primary N) is 1. The molecule has 0 bridgehead atoms. The molecule has 0 atom stereocenters. The molecule has 0 unspecified atom stereocenters. The molecule has 1 aromatic carbocycles. The number of nitrogens with one attached hydrogen (secondary N) is 2. The fourth-order valence-corrected chi connectivity index (χ4v) is 1.72. The van der Waals surface area contributed by atoms with Gasteiger partial charge < -0.3 is 21.1 Å². The quantitative estimate of drug-likeness (QED) is 0.683. The molecule has 104 valence electrons. The zero-order valence-electron chi connectivity index (χ0n) is 10.8. The van der Waals surface area contributed by atoms with E-state index in [1.807, 2.05) is 0 Å². The molecule has 1 aliphatic carbocycles.